The fourth-order valence-corrected chi connectivity index (χ4v) is 7.17. The fraction of sp³-hybridized carbons (Fsp3) is 0.136. The molecule has 0 amide bonds. The lowest BCUT2D eigenvalue weighted by Gasteiger charge is -2.16. The lowest BCUT2D eigenvalue weighted by molar-refractivity contribution is 0.430. The number of hydrogen-bond acceptors (Lipinski definition) is 12. The number of nitrogens with zero attached hydrogens (tertiary/aromatic N) is 6. The monoisotopic (exact) mass is 880 g/mol. The van der Waals surface area contributed by atoms with Crippen LogP contribution in [-0.4, -0.2) is 35.8 Å². The molecule has 0 bridgehead atoms. The van der Waals surface area contributed by atoms with Crippen LogP contribution in [0.2, 0.25) is 0 Å². The van der Waals surface area contributed by atoms with E-state index in [1.54, 1.807) is 6.20 Å². The van der Waals surface area contributed by atoms with E-state index in [1.165, 1.54) is 46.5 Å². The molecular weight excluding hydrogens is 845 g/mol. The Bertz CT molecular complexity index is 2980. The van der Waals surface area contributed by atoms with Gasteiger partial charge in [-0.05, 0) is 53.4 Å². The maximum Gasteiger partial charge on any atom is 0.313 e. The van der Waals surface area contributed by atoms with Crippen molar-refractivity contribution in [1.29, 1.82) is 0 Å². The van der Waals surface area contributed by atoms with Crippen LogP contribution >= 0.6 is 23.5 Å². The number of pyridine rings is 2. The van der Waals surface area contributed by atoms with Crippen molar-refractivity contribution < 1.29 is 27.0 Å². The molecule has 8 aromatic rings. The standard InChI is InChI=1S/C24H22F2N4O2S.C20H14F2N4O2S/c1-15(2)12-28-30-22-17(13-27-24(29-22)33-14-16-6-4-3-5-7-16)10-21(23(30)31)32-20-9-8-18(25)11-19(20)26;21-14-6-7-16(15(22)9-14)28-17-8-13-10-24-20(25-18(13)26(23)19(17)27)29-11-12-4-2-1-3-5-12/h3-11,13,15,28H,12,14H2,1-2H3;1-10H,11,23H2. The number of thioether (sulfide) groups is 2. The highest BCUT2D eigenvalue weighted by molar-refractivity contribution is 7.98. The molecule has 12 nitrogen and oxygen atoms in total. The SMILES string of the molecule is CC(C)CNn1c(=O)c(Oc2ccc(F)cc2F)cc2cnc(SCc3ccccc3)nc21.Nn1c(=O)c(Oc2ccc(F)cc2F)cc2cnc(SCc3ccccc3)nc21. The molecule has 62 heavy (non-hydrogen) atoms. The van der Waals surface area contributed by atoms with Gasteiger partial charge in [-0.3, -0.25) is 9.59 Å². The highest BCUT2D eigenvalue weighted by atomic mass is 32.2. The Morgan fingerprint density at radius 2 is 1.10 bits per heavy atom. The maximum atomic E-state index is 14.1. The Morgan fingerprint density at radius 1 is 0.629 bits per heavy atom. The molecular formula is C44H36F4N8O4S2. The Balaban J connectivity index is 0.000000188. The van der Waals surface area contributed by atoms with Crippen molar-refractivity contribution in [2.45, 2.75) is 35.7 Å². The van der Waals surface area contributed by atoms with E-state index >= 15 is 0 Å². The average Bonchev–Trinajstić information content (AvgIpc) is 3.26. The molecule has 0 aliphatic heterocycles. The van der Waals surface area contributed by atoms with E-state index in [4.69, 9.17) is 15.3 Å². The second kappa shape index (κ2) is 19.6. The Labute approximate surface area is 359 Å². The second-order valence-electron chi connectivity index (χ2n) is 13.9. The number of nitrogens with two attached hydrogens (primary N) is 1. The summed E-state index contributed by atoms with van der Waals surface area (Å²) in [7, 11) is 0. The van der Waals surface area contributed by atoms with Gasteiger partial charge >= 0.3 is 11.1 Å². The van der Waals surface area contributed by atoms with Crippen LogP contribution < -0.4 is 31.9 Å². The normalized spacial score (nSPS) is 11.1. The lowest BCUT2D eigenvalue weighted by Crippen LogP contribution is -2.32. The molecule has 4 heterocycles. The van der Waals surface area contributed by atoms with Crippen LogP contribution in [0.1, 0.15) is 25.0 Å². The van der Waals surface area contributed by atoms with Crippen molar-refractivity contribution in [2.24, 2.45) is 5.92 Å². The van der Waals surface area contributed by atoms with Crippen LogP contribution in [0.3, 0.4) is 0 Å². The zero-order valence-electron chi connectivity index (χ0n) is 33.0. The molecule has 0 fully saturated rings. The number of halogens is 4. The molecule has 0 aliphatic carbocycles. The van der Waals surface area contributed by atoms with Gasteiger partial charge < -0.3 is 20.7 Å². The summed E-state index contributed by atoms with van der Waals surface area (Å²) in [5, 5.41) is 1.95. The van der Waals surface area contributed by atoms with E-state index in [0.29, 0.717) is 56.9 Å². The molecule has 8 rings (SSSR count). The number of ether oxygens (including phenoxy) is 2. The van der Waals surface area contributed by atoms with Gasteiger partial charge in [0.05, 0.1) is 0 Å². The molecule has 4 aromatic carbocycles. The molecule has 18 heteroatoms. The van der Waals surface area contributed by atoms with Gasteiger partial charge in [0.15, 0.2) is 56.2 Å². The zero-order valence-corrected chi connectivity index (χ0v) is 34.6. The molecule has 0 saturated heterocycles. The maximum absolute atomic E-state index is 14.1. The van der Waals surface area contributed by atoms with Crippen LogP contribution in [0.25, 0.3) is 22.1 Å². The first-order valence-electron chi connectivity index (χ1n) is 18.9. The minimum atomic E-state index is -0.933. The molecule has 0 atom stereocenters. The predicted molar refractivity (Wildman–Crippen MR) is 232 cm³/mol. The van der Waals surface area contributed by atoms with E-state index in [2.05, 4.69) is 25.4 Å². The number of hydrogen-bond donors (Lipinski definition) is 2. The summed E-state index contributed by atoms with van der Waals surface area (Å²) in [5.41, 5.74) is 4.67. The van der Waals surface area contributed by atoms with Gasteiger partial charge in [-0.25, -0.2) is 46.8 Å². The largest absolute Gasteiger partial charge is 0.448 e. The van der Waals surface area contributed by atoms with Crippen molar-refractivity contribution in [3.8, 4) is 23.0 Å². The summed E-state index contributed by atoms with van der Waals surface area (Å²) in [6.07, 6.45) is 3.10. The van der Waals surface area contributed by atoms with E-state index in [1.807, 2.05) is 74.5 Å². The van der Waals surface area contributed by atoms with Crippen LogP contribution in [0.4, 0.5) is 17.6 Å². The smallest absolute Gasteiger partial charge is 0.313 e. The minimum absolute atomic E-state index is 0.127. The van der Waals surface area contributed by atoms with Crippen LogP contribution in [0, 0.1) is 29.2 Å². The van der Waals surface area contributed by atoms with Crippen LogP contribution in [0.5, 0.6) is 23.0 Å². The molecule has 0 unspecified atom stereocenters. The average molecular weight is 881 g/mol. The molecule has 0 spiro atoms. The van der Waals surface area contributed by atoms with E-state index in [0.717, 1.165) is 40.1 Å². The Kier molecular flexibility index (Phi) is 13.7. The van der Waals surface area contributed by atoms with Gasteiger partial charge in [-0.15, -0.1) is 0 Å². The number of nitrogens with one attached hydrogen (secondary N) is 1. The van der Waals surface area contributed by atoms with Crippen molar-refractivity contribution in [1.82, 2.24) is 29.3 Å². The quantitative estimate of drug-likeness (QED) is 0.0492. The zero-order chi connectivity index (χ0) is 43.8. The molecule has 0 aliphatic rings. The number of rotatable bonds is 13. The molecule has 0 radical (unpaired) electrons. The van der Waals surface area contributed by atoms with Gasteiger partial charge in [-0.2, -0.15) is 0 Å². The van der Waals surface area contributed by atoms with Gasteiger partial charge in [-0.1, -0.05) is 98.0 Å². The third-order valence-corrected chi connectivity index (χ3v) is 10.6. The number of nitrogen functional groups attached to an aromatic ring is 1. The van der Waals surface area contributed by atoms with Crippen molar-refractivity contribution in [3.05, 3.63) is 177 Å². The van der Waals surface area contributed by atoms with Gasteiger partial charge in [0.2, 0.25) is 0 Å². The summed E-state index contributed by atoms with van der Waals surface area (Å²) < 4.78 is 67.1. The summed E-state index contributed by atoms with van der Waals surface area (Å²) in [4.78, 5) is 43.3. The van der Waals surface area contributed by atoms with E-state index in [9.17, 15) is 27.2 Å². The van der Waals surface area contributed by atoms with Gasteiger partial charge in [0, 0.05) is 53.3 Å². The van der Waals surface area contributed by atoms with E-state index in [-0.39, 0.29) is 34.6 Å². The number of aromatic nitrogens is 6. The molecule has 316 valence electrons. The third kappa shape index (κ3) is 10.7. The minimum Gasteiger partial charge on any atom is -0.448 e. The molecule has 0 saturated carbocycles. The second-order valence-corrected chi connectivity index (χ2v) is 15.7. The summed E-state index contributed by atoms with van der Waals surface area (Å²) in [6, 6.07) is 28.3. The Hall–Kier alpha value is -6.92. The number of fused-ring (bicyclic) bond motifs is 2. The highest BCUT2D eigenvalue weighted by Crippen LogP contribution is 2.28. The van der Waals surface area contributed by atoms with Crippen LogP contribution in [0.15, 0.2) is 141 Å². The van der Waals surface area contributed by atoms with Crippen LogP contribution in [-0.2, 0) is 11.5 Å². The highest BCUT2D eigenvalue weighted by Gasteiger charge is 2.18. The van der Waals surface area contributed by atoms with Crippen molar-refractivity contribution in [3.63, 3.8) is 0 Å². The first-order valence-corrected chi connectivity index (χ1v) is 20.8. The lowest BCUT2D eigenvalue weighted by atomic mass is 10.2. The topological polar surface area (TPSA) is 152 Å². The fourth-order valence-electron chi connectivity index (χ4n) is 5.64. The van der Waals surface area contributed by atoms with Gasteiger partial charge in [0.25, 0.3) is 0 Å². The predicted octanol–water partition coefficient (Wildman–Crippen LogP) is 9.22. The first-order chi connectivity index (χ1) is 29.9. The Morgan fingerprint density at radius 3 is 1.58 bits per heavy atom. The molecule has 3 N–H and O–H groups in total. The van der Waals surface area contributed by atoms with Crippen molar-refractivity contribution >= 4 is 45.6 Å². The van der Waals surface area contributed by atoms with E-state index < -0.39 is 34.4 Å². The third-order valence-electron chi connectivity index (χ3n) is 8.71. The van der Waals surface area contributed by atoms with Crippen molar-refractivity contribution in [2.75, 3.05) is 17.8 Å². The number of benzene rings is 4. The molecule has 4 aromatic heterocycles. The van der Waals surface area contributed by atoms with Gasteiger partial charge in [0.1, 0.15) is 11.6 Å². The summed E-state index contributed by atoms with van der Waals surface area (Å²) >= 11 is 2.86. The summed E-state index contributed by atoms with van der Waals surface area (Å²) in [5.74, 6) is 3.26. The first kappa shape index (κ1) is 43.2. The summed E-state index contributed by atoms with van der Waals surface area (Å²) in [6.45, 7) is 4.51.